The highest BCUT2D eigenvalue weighted by Gasteiger charge is 2.35. The highest BCUT2D eigenvalue weighted by Crippen LogP contribution is 2.40. The van der Waals surface area contributed by atoms with Crippen LogP contribution in [0.4, 0.5) is 0 Å². The Balaban J connectivity index is 1.95. The van der Waals surface area contributed by atoms with Crippen LogP contribution in [-0.2, 0) is 4.79 Å². The third kappa shape index (κ3) is 2.32. The van der Waals surface area contributed by atoms with Crippen LogP contribution in [0, 0.1) is 0 Å². The average Bonchev–Trinajstić information content (AvgIpc) is 2.49. The van der Waals surface area contributed by atoms with E-state index in [1.165, 1.54) is 0 Å². The van der Waals surface area contributed by atoms with Crippen molar-refractivity contribution >= 4 is 5.78 Å². The molecule has 0 heterocycles. The van der Waals surface area contributed by atoms with E-state index in [0.29, 0.717) is 5.78 Å². The summed E-state index contributed by atoms with van der Waals surface area (Å²) in [6.07, 6.45) is 1.80. The zero-order chi connectivity index (χ0) is 13.9. The van der Waals surface area contributed by atoms with E-state index in [2.05, 4.69) is 18.7 Å². The molecule has 2 aromatic carbocycles. The fraction of sp³-hybridized carbons (Fsp3) is 0.211. The molecule has 0 radical (unpaired) electrons. The molecule has 2 unspecified atom stereocenters. The molecular formula is C19H18O. The number of carbonyl (C=O) groups excluding carboxylic acids is 1. The molecule has 0 N–H and O–H groups in total. The SMILES string of the molecule is C=C1CCC(c2ccccc2)C(=O)C1c1ccccc1. The molecule has 0 bridgehead atoms. The zero-order valence-corrected chi connectivity index (χ0v) is 11.5. The van der Waals surface area contributed by atoms with E-state index in [0.717, 1.165) is 29.5 Å². The normalized spacial score (nSPS) is 22.8. The van der Waals surface area contributed by atoms with E-state index >= 15 is 0 Å². The van der Waals surface area contributed by atoms with Gasteiger partial charge in [0.15, 0.2) is 5.78 Å². The molecule has 1 aliphatic rings. The summed E-state index contributed by atoms with van der Waals surface area (Å²) >= 11 is 0. The number of rotatable bonds is 2. The molecule has 0 amide bonds. The van der Waals surface area contributed by atoms with Crippen LogP contribution in [0.5, 0.6) is 0 Å². The maximum Gasteiger partial charge on any atom is 0.151 e. The largest absolute Gasteiger partial charge is 0.298 e. The third-order valence-corrected chi connectivity index (χ3v) is 4.13. The Morgan fingerprint density at radius 3 is 2.00 bits per heavy atom. The van der Waals surface area contributed by atoms with E-state index < -0.39 is 0 Å². The number of carbonyl (C=O) groups is 1. The van der Waals surface area contributed by atoms with Gasteiger partial charge in [0.05, 0.1) is 5.92 Å². The Labute approximate surface area is 120 Å². The number of Topliss-reactive ketones (excluding diaryl/α,β-unsaturated/α-hetero) is 1. The molecule has 0 saturated heterocycles. The van der Waals surface area contributed by atoms with Crippen molar-refractivity contribution in [2.24, 2.45) is 0 Å². The van der Waals surface area contributed by atoms with Crippen molar-refractivity contribution < 1.29 is 4.79 Å². The van der Waals surface area contributed by atoms with Gasteiger partial charge in [0.1, 0.15) is 0 Å². The van der Waals surface area contributed by atoms with Gasteiger partial charge in [0.2, 0.25) is 0 Å². The summed E-state index contributed by atoms with van der Waals surface area (Å²) in [7, 11) is 0. The standard InChI is InChI=1S/C19H18O/c1-14-12-13-17(15-8-4-2-5-9-15)19(20)18(14)16-10-6-3-7-11-16/h2-11,17-18H,1,12-13H2. The van der Waals surface area contributed by atoms with Crippen LogP contribution < -0.4 is 0 Å². The quantitative estimate of drug-likeness (QED) is 0.730. The molecule has 3 rings (SSSR count). The predicted octanol–water partition coefficient (Wildman–Crippen LogP) is 4.47. The van der Waals surface area contributed by atoms with E-state index in [4.69, 9.17) is 0 Å². The molecule has 20 heavy (non-hydrogen) atoms. The van der Waals surface area contributed by atoms with E-state index in [-0.39, 0.29) is 11.8 Å². The molecule has 2 aromatic rings. The Morgan fingerprint density at radius 1 is 0.850 bits per heavy atom. The van der Waals surface area contributed by atoms with Gasteiger partial charge in [-0.3, -0.25) is 4.79 Å². The van der Waals surface area contributed by atoms with Crippen molar-refractivity contribution in [3.8, 4) is 0 Å². The van der Waals surface area contributed by atoms with Crippen molar-refractivity contribution in [2.75, 3.05) is 0 Å². The summed E-state index contributed by atoms with van der Waals surface area (Å²) in [4.78, 5) is 12.9. The highest BCUT2D eigenvalue weighted by molar-refractivity contribution is 5.95. The first-order chi connectivity index (χ1) is 9.77. The lowest BCUT2D eigenvalue weighted by molar-refractivity contribution is -0.122. The van der Waals surface area contributed by atoms with Crippen LogP contribution in [0.1, 0.15) is 35.8 Å². The maximum atomic E-state index is 12.9. The summed E-state index contributed by atoms with van der Waals surface area (Å²) in [5.41, 5.74) is 3.25. The van der Waals surface area contributed by atoms with Crippen LogP contribution in [0.15, 0.2) is 72.8 Å². The van der Waals surface area contributed by atoms with E-state index in [9.17, 15) is 4.79 Å². The number of allylic oxidation sites excluding steroid dienone is 1. The summed E-state index contributed by atoms with van der Waals surface area (Å²) in [6, 6.07) is 20.1. The zero-order valence-electron chi connectivity index (χ0n) is 11.5. The first kappa shape index (κ1) is 12.9. The third-order valence-electron chi connectivity index (χ3n) is 4.13. The minimum absolute atomic E-state index is 0.00639. The summed E-state index contributed by atoms with van der Waals surface area (Å²) in [5, 5.41) is 0. The number of hydrogen-bond acceptors (Lipinski definition) is 1. The van der Waals surface area contributed by atoms with Gasteiger partial charge >= 0.3 is 0 Å². The Hall–Kier alpha value is -2.15. The molecule has 100 valence electrons. The number of ketones is 1. The Bertz CT molecular complexity index is 613. The second-order valence-corrected chi connectivity index (χ2v) is 5.41. The van der Waals surface area contributed by atoms with Gasteiger partial charge in [-0.2, -0.15) is 0 Å². The van der Waals surface area contributed by atoms with Crippen LogP contribution in [0.2, 0.25) is 0 Å². The number of hydrogen-bond donors (Lipinski definition) is 0. The minimum Gasteiger partial charge on any atom is -0.298 e. The van der Waals surface area contributed by atoms with Gasteiger partial charge < -0.3 is 0 Å². The van der Waals surface area contributed by atoms with Gasteiger partial charge in [-0.15, -0.1) is 0 Å². The maximum absolute atomic E-state index is 12.9. The fourth-order valence-corrected chi connectivity index (χ4v) is 3.08. The molecule has 1 aliphatic carbocycles. The van der Waals surface area contributed by atoms with Crippen LogP contribution in [0.25, 0.3) is 0 Å². The monoisotopic (exact) mass is 262 g/mol. The Kier molecular flexibility index (Phi) is 3.51. The van der Waals surface area contributed by atoms with Crippen molar-refractivity contribution in [1.29, 1.82) is 0 Å². The van der Waals surface area contributed by atoms with Gasteiger partial charge in [-0.25, -0.2) is 0 Å². The topological polar surface area (TPSA) is 17.1 Å². The molecule has 1 nitrogen and oxygen atoms in total. The predicted molar refractivity (Wildman–Crippen MR) is 81.7 cm³/mol. The lowest BCUT2D eigenvalue weighted by Gasteiger charge is -2.30. The molecule has 1 fully saturated rings. The van der Waals surface area contributed by atoms with Crippen LogP contribution in [-0.4, -0.2) is 5.78 Å². The first-order valence-electron chi connectivity index (χ1n) is 7.08. The average molecular weight is 262 g/mol. The first-order valence-corrected chi connectivity index (χ1v) is 7.08. The van der Waals surface area contributed by atoms with Gasteiger partial charge in [-0.05, 0) is 24.0 Å². The van der Waals surface area contributed by atoms with E-state index in [1.807, 2.05) is 48.5 Å². The second-order valence-electron chi connectivity index (χ2n) is 5.41. The minimum atomic E-state index is -0.143. The highest BCUT2D eigenvalue weighted by atomic mass is 16.1. The molecule has 1 heteroatoms. The molecule has 0 spiro atoms. The molecule has 2 atom stereocenters. The van der Waals surface area contributed by atoms with Crippen LogP contribution >= 0.6 is 0 Å². The molecular weight excluding hydrogens is 244 g/mol. The van der Waals surface area contributed by atoms with Crippen molar-refractivity contribution in [1.82, 2.24) is 0 Å². The van der Waals surface area contributed by atoms with E-state index in [1.54, 1.807) is 0 Å². The van der Waals surface area contributed by atoms with Crippen LogP contribution in [0.3, 0.4) is 0 Å². The lowest BCUT2D eigenvalue weighted by atomic mass is 9.72. The van der Waals surface area contributed by atoms with Gasteiger partial charge in [0.25, 0.3) is 0 Å². The van der Waals surface area contributed by atoms with Crippen molar-refractivity contribution in [3.05, 3.63) is 83.9 Å². The fourth-order valence-electron chi connectivity index (χ4n) is 3.08. The second kappa shape index (κ2) is 5.46. The molecule has 0 aromatic heterocycles. The number of benzene rings is 2. The van der Waals surface area contributed by atoms with Gasteiger partial charge in [-0.1, -0.05) is 72.8 Å². The van der Waals surface area contributed by atoms with Gasteiger partial charge in [0, 0.05) is 5.92 Å². The lowest BCUT2D eigenvalue weighted by Crippen LogP contribution is -2.27. The smallest absolute Gasteiger partial charge is 0.151 e. The van der Waals surface area contributed by atoms with Crippen molar-refractivity contribution in [2.45, 2.75) is 24.7 Å². The summed E-state index contributed by atoms with van der Waals surface area (Å²) < 4.78 is 0. The Morgan fingerprint density at radius 2 is 1.40 bits per heavy atom. The molecule has 1 saturated carbocycles. The summed E-state index contributed by atoms with van der Waals surface area (Å²) in [6.45, 7) is 4.13. The summed E-state index contributed by atoms with van der Waals surface area (Å²) in [5.74, 6) is 0.153. The molecule has 0 aliphatic heterocycles. The van der Waals surface area contributed by atoms with Crippen molar-refractivity contribution in [3.63, 3.8) is 0 Å².